The summed E-state index contributed by atoms with van der Waals surface area (Å²) in [7, 11) is 0. The van der Waals surface area contributed by atoms with Gasteiger partial charge in [-0.15, -0.1) is 0 Å². The first kappa shape index (κ1) is 14.8. The van der Waals surface area contributed by atoms with Crippen LogP contribution in [0.2, 0.25) is 0 Å². The number of carbonyl (C=O) groups is 1. The van der Waals surface area contributed by atoms with Crippen molar-refractivity contribution in [2.75, 3.05) is 45.9 Å². The van der Waals surface area contributed by atoms with E-state index in [-0.39, 0.29) is 5.91 Å². The van der Waals surface area contributed by atoms with Gasteiger partial charge in [0.05, 0.1) is 12.7 Å². The lowest BCUT2D eigenvalue weighted by Gasteiger charge is -2.37. The van der Waals surface area contributed by atoms with Crippen molar-refractivity contribution < 1.29 is 9.53 Å². The van der Waals surface area contributed by atoms with Crippen LogP contribution in [0.15, 0.2) is 0 Å². The summed E-state index contributed by atoms with van der Waals surface area (Å²) in [5.74, 6) is 0.0669. The number of rotatable bonds is 6. The number of likely N-dealkylation sites (N-methyl/N-ethyl adjacent to an activating group) is 1. The summed E-state index contributed by atoms with van der Waals surface area (Å²) in [4.78, 5) is 15.8. The van der Waals surface area contributed by atoms with Crippen molar-refractivity contribution in [1.29, 1.82) is 0 Å². The molecule has 0 aromatic heterocycles. The van der Waals surface area contributed by atoms with E-state index < -0.39 is 0 Å². The van der Waals surface area contributed by atoms with E-state index >= 15 is 0 Å². The summed E-state index contributed by atoms with van der Waals surface area (Å²) in [5.41, 5.74) is 0. The Morgan fingerprint density at radius 2 is 1.84 bits per heavy atom. The third-order valence-corrected chi connectivity index (χ3v) is 4.18. The predicted molar refractivity (Wildman–Crippen MR) is 75.1 cm³/mol. The first-order chi connectivity index (χ1) is 9.17. The quantitative estimate of drug-likeness (QED) is 0.754. The fraction of sp³-hybridized carbons (Fsp3) is 0.929. The van der Waals surface area contributed by atoms with Crippen LogP contribution in [-0.4, -0.2) is 73.7 Å². The van der Waals surface area contributed by atoms with E-state index in [0.717, 1.165) is 45.6 Å². The second-order valence-electron chi connectivity index (χ2n) is 5.64. The van der Waals surface area contributed by atoms with E-state index in [9.17, 15) is 4.79 Å². The Labute approximate surface area is 116 Å². The molecule has 2 rings (SSSR count). The molecule has 0 spiro atoms. The Morgan fingerprint density at radius 3 is 2.42 bits per heavy atom. The molecule has 0 aromatic rings. The maximum Gasteiger partial charge on any atom is 0.217 e. The van der Waals surface area contributed by atoms with Crippen LogP contribution >= 0.6 is 0 Å². The van der Waals surface area contributed by atoms with Gasteiger partial charge in [0.15, 0.2) is 0 Å². The minimum Gasteiger partial charge on any atom is -0.377 e. The molecule has 1 aliphatic heterocycles. The van der Waals surface area contributed by atoms with Gasteiger partial charge in [0.2, 0.25) is 5.91 Å². The highest BCUT2D eigenvalue weighted by Gasteiger charge is 2.30. The van der Waals surface area contributed by atoms with Crippen LogP contribution in [0.4, 0.5) is 0 Å². The van der Waals surface area contributed by atoms with Crippen molar-refractivity contribution in [3.8, 4) is 0 Å². The Hall–Kier alpha value is -0.650. The summed E-state index contributed by atoms with van der Waals surface area (Å²) in [5, 5.41) is 2.93. The molecular weight excluding hydrogens is 242 g/mol. The monoisotopic (exact) mass is 269 g/mol. The fourth-order valence-corrected chi connectivity index (χ4v) is 2.78. The first-order valence-electron chi connectivity index (χ1n) is 7.50. The first-order valence-corrected chi connectivity index (χ1v) is 7.50. The maximum atomic E-state index is 10.9. The number of amides is 1. The van der Waals surface area contributed by atoms with Crippen molar-refractivity contribution in [2.45, 2.75) is 38.8 Å². The average molecular weight is 269 g/mol. The molecule has 1 aliphatic carbocycles. The van der Waals surface area contributed by atoms with Gasteiger partial charge in [-0.2, -0.15) is 0 Å². The summed E-state index contributed by atoms with van der Waals surface area (Å²) in [6.07, 6.45) is 2.31. The highest BCUT2D eigenvalue weighted by atomic mass is 16.5. The molecule has 1 heterocycles. The summed E-state index contributed by atoms with van der Waals surface area (Å²) in [6, 6.07) is 0.343. The third-order valence-electron chi connectivity index (χ3n) is 4.18. The van der Waals surface area contributed by atoms with E-state index in [4.69, 9.17) is 4.74 Å². The second kappa shape index (κ2) is 7.22. The van der Waals surface area contributed by atoms with Crippen LogP contribution in [0.3, 0.4) is 0 Å². The molecule has 0 atom stereocenters. The minimum atomic E-state index is 0.0669. The molecule has 1 saturated carbocycles. The zero-order valence-electron chi connectivity index (χ0n) is 12.2. The molecule has 19 heavy (non-hydrogen) atoms. The average Bonchev–Trinajstić information content (AvgIpc) is 2.36. The number of piperazine rings is 1. The molecule has 1 N–H and O–H groups in total. The second-order valence-corrected chi connectivity index (χ2v) is 5.64. The fourth-order valence-electron chi connectivity index (χ4n) is 2.78. The normalized spacial score (nSPS) is 28.9. The molecule has 110 valence electrons. The van der Waals surface area contributed by atoms with E-state index in [2.05, 4.69) is 22.0 Å². The Kier molecular flexibility index (Phi) is 5.60. The molecule has 5 nitrogen and oxygen atoms in total. The van der Waals surface area contributed by atoms with Gasteiger partial charge in [-0.3, -0.25) is 9.69 Å². The van der Waals surface area contributed by atoms with Gasteiger partial charge in [-0.25, -0.2) is 0 Å². The number of hydrogen-bond donors (Lipinski definition) is 1. The third kappa shape index (κ3) is 4.75. The van der Waals surface area contributed by atoms with Crippen LogP contribution in [0, 0.1) is 0 Å². The van der Waals surface area contributed by atoms with Crippen molar-refractivity contribution >= 4 is 5.91 Å². The molecule has 2 fully saturated rings. The van der Waals surface area contributed by atoms with E-state index in [1.807, 2.05) is 0 Å². The summed E-state index contributed by atoms with van der Waals surface area (Å²) >= 11 is 0. The zero-order valence-corrected chi connectivity index (χ0v) is 12.2. The number of carbonyl (C=O) groups excluding carboxylic acids is 1. The number of ether oxygens (including phenoxy) is 1. The molecule has 2 aliphatic rings. The highest BCUT2D eigenvalue weighted by molar-refractivity contribution is 5.73. The van der Waals surface area contributed by atoms with Gasteiger partial charge in [-0.05, 0) is 19.4 Å². The number of nitrogens with zero attached hydrogens (tertiary/aromatic N) is 2. The van der Waals surface area contributed by atoms with Crippen molar-refractivity contribution in [1.82, 2.24) is 15.1 Å². The molecule has 1 saturated heterocycles. The van der Waals surface area contributed by atoms with Gasteiger partial charge in [0.1, 0.15) is 0 Å². The SMILES string of the molecule is CCN1CCN(CCO[C@H]2C[C@H](NC(C)=O)C2)CC1. The zero-order chi connectivity index (χ0) is 13.7. The Balaban J connectivity index is 1.48. The smallest absolute Gasteiger partial charge is 0.217 e. The molecule has 0 aromatic carbocycles. The van der Waals surface area contributed by atoms with Gasteiger partial charge in [-0.1, -0.05) is 6.92 Å². The standard InChI is InChI=1S/C14H27N3O2/c1-3-16-4-6-17(7-5-16)8-9-19-14-10-13(11-14)15-12(2)18/h13-14H,3-11H2,1-2H3,(H,15,18)/t13-,14-. The highest BCUT2D eigenvalue weighted by Crippen LogP contribution is 2.23. The molecule has 5 heteroatoms. The molecule has 0 radical (unpaired) electrons. The van der Waals surface area contributed by atoms with Gasteiger partial charge in [0.25, 0.3) is 0 Å². The van der Waals surface area contributed by atoms with Gasteiger partial charge < -0.3 is 15.0 Å². The van der Waals surface area contributed by atoms with Crippen LogP contribution in [-0.2, 0) is 9.53 Å². The maximum absolute atomic E-state index is 10.9. The van der Waals surface area contributed by atoms with E-state index in [1.54, 1.807) is 6.92 Å². The van der Waals surface area contributed by atoms with E-state index in [1.165, 1.54) is 13.1 Å². The van der Waals surface area contributed by atoms with Crippen molar-refractivity contribution in [3.05, 3.63) is 0 Å². The Morgan fingerprint density at radius 1 is 1.21 bits per heavy atom. The topological polar surface area (TPSA) is 44.8 Å². The lowest BCUT2D eigenvalue weighted by Crippen LogP contribution is -2.49. The van der Waals surface area contributed by atoms with Crippen LogP contribution in [0.5, 0.6) is 0 Å². The predicted octanol–water partition coefficient (Wildman–Crippen LogP) is 0.308. The van der Waals surface area contributed by atoms with E-state index in [0.29, 0.717) is 12.1 Å². The summed E-state index contributed by atoms with van der Waals surface area (Å²) < 4.78 is 5.84. The largest absolute Gasteiger partial charge is 0.377 e. The van der Waals surface area contributed by atoms with Crippen LogP contribution in [0.25, 0.3) is 0 Å². The lowest BCUT2D eigenvalue weighted by molar-refractivity contribution is -0.121. The molecule has 0 unspecified atom stereocenters. The van der Waals surface area contributed by atoms with Crippen LogP contribution in [0.1, 0.15) is 26.7 Å². The molecular formula is C14H27N3O2. The summed E-state index contributed by atoms with van der Waals surface area (Å²) in [6.45, 7) is 11.5. The minimum absolute atomic E-state index is 0.0669. The molecule has 0 bridgehead atoms. The van der Waals surface area contributed by atoms with Gasteiger partial charge >= 0.3 is 0 Å². The molecule has 1 amide bonds. The lowest BCUT2D eigenvalue weighted by atomic mass is 9.89. The van der Waals surface area contributed by atoms with Crippen LogP contribution < -0.4 is 5.32 Å². The van der Waals surface area contributed by atoms with Crippen molar-refractivity contribution in [2.24, 2.45) is 0 Å². The Bertz CT molecular complexity index is 284. The van der Waals surface area contributed by atoms with Crippen molar-refractivity contribution in [3.63, 3.8) is 0 Å². The number of nitrogens with one attached hydrogen (secondary N) is 1. The number of hydrogen-bond acceptors (Lipinski definition) is 4. The van der Waals surface area contributed by atoms with Gasteiger partial charge in [0, 0.05) is 45.7 Å².